The van der Waals surface area contributed by atoms with E-state index in [0.717, 1.165) is 0 Å². The summed E-state index contributed by atoms with van der Waals surface area (Å²) in [4.78, 5) is 11.1. The highest BCUT2D eigenvalue weighted by molar-refractivity contribution is 5.86. The van der Waals surface area contributed by atoms with E-state index in [9.17, 15) is 4.79 Å². The molecule has 1 aromatic rings. The number of carbonyl (C=O) groups excluding carboxylic acids is 1. The smallest absolute Gasteiger partial charge is 0.358 e. The van der Waals surface area contributed by atoms with Crippen molar-refractivity contribution in [1.29, 1.82) is 0 Å². The van der Waals surface area contributed by atoms with Crippen molar-refractivity contribution in [1.82, 2.24) is 10.2 Å². The monoisotopic (exact) mass is 239 g/mol. The molecule has 0 aliphatic carbocycles. The zero-order chi connectivity index (χ0) is 12.7. The molecule has 0 aliphatic heterocycles. The van der Waals surface area contributed by atoms with E-state index in [1.54, 1.807) is 12.1 Å². The molecular weight excluding hydrogens is 222 g/mol. The number of anilines is 1. The Labute approximate surface area is 100 Å². The number of ether oxygens (including phenoxy) is 2. The van der Waals surface area contributed by atoms with Crippen LogP contribution in [0.5, 0.6) is 0 Å². The van der Waals surface area contributed by atoms with Crippen LogP contribution < -0.4 is 5.32 Å². The van der Waals surface area contributed by atoms with Crippen LogP contribution in [0.3, 0.4) is 0 Å². The highest BCUT2D eigenvalue weighted by Gasteiger charge is 2.07. The van der Waals surface area contributed by atoms with Crippen LogP contribution in [0.4, 0.5) is 5.82 Å². The lowest BCUT2D eigenvalue weighted by Crippen LogP contribution is -2.20. The van der Waals surface area contributed by atoms with Crippen LogP contribution in [0.2, 0.25) is 0 Å². The van der Waals surface area contributed by atoms with Gasteiger partial charge >= 0.3 is 5.97 Å². The van der Waals surface area contributed by atoms with Crippen molar-refractivity contribution in [3.63, 3.8) is 0 Å². The molecule has 0 radical (unpaired) electrons. The van der Waals surface area contributed by atoms with Crippen molar-refractivity contribution in [2.24, 2.45) is 0 Å². The summed E-state index contributed by atoms with van der Waals surface area (Å²) in [7, 11) is 1.31. The van der Waals surface area contributed by atoms with E-state index in [2.05, 4.69) is 20.3 Å². The molecule has 0 saturated heterocycles. The van der Waals surface area contributed by atoms with Crippen molar-refractivity contribution >= 4 is 11.8 Å². The van der Waals surface area contributed by atoms with Gasteiger partial charge in [-0.3, -0.25) is 0 Å². The van der Waals surface area contributed by atoms with Crippen LogP contribution in [0.1, 0.15) is 24.3 Å². The fourth-order valence-corrected chi connectivity index (χ4v) is 1.23. The number of nitrogens with zero attached hydrogens (tertiary/aromatic N) is 2. The molecule has 0 aromatic carbocycles. The van der Waals surface area contributed by atoms with Crippen molar-refractivity contribution in [2.75, 3.05) is 25.6 Å². The third-order valence-electron chi connectivity index (χ3n) is 2.08. The molecule has 17 heavy (non-hydrogen) atoms. The number of carbonyl (C=O) groups is 1. The molecule has 1 heterocycles. The summed E-state index contributed by atoms with van der Waals surface area (Å²) in [5.74, 6) is 0.107. The molecule has 1 atom stereocenters. The largest absolute Gasteiger partial charge is 0.464 e. The van der Waals surface area contributed by atoms with Gasteiger partial charge in [-0.25, -0.2) is 4.79 Å². The Balaban J connectivity index is 2.48. The van der Waals surface area contributed by atoms with Crippen molar-refractivity contribution in [3.05, 3.63) is 17.8 Å². The summed E-state index contributed by atoms with van der Waals surface area (Å²) in [5, 5.41) is 10.7. The van der Waals surface area contributed by atoms with Gasteiger partial charge in [0.05, 0.1) is 13.2 Å². The molecule has 1 unspecified atom stereocenters. The maximum absolute atomic E-state index is 11.1. The van der Waals surface area contributed by atoms with Crippen LogP contribution in [-0.2, 0) is 9.47 Å². The molecule has 1 rings (SSSR count). The highest BCUT2D eigenvalue weighted by atomic mass is 16.5. The first kappa shape index (κ1) is 13.4. The van der Waals surface area contributed by atoms with Crippen molar-refractivity contribution < 1.29 is 14.3 Å². The average Bonchev–Trinajstić information content (AvgIpc) is 2.36. The number of hydrogen-bond donors (Lipinski definition) is 1. The summed E-state index contributed by atoms with van der Waals surface area (Å²) in [6, 6.07) is 3.24. The fraction of sp³-hybridized carbons (Fsp3) is 0.545. The fourth-order valence-electron chi connectivity index (χ4n) is 1.23. The lowest BCUT2D eigenvalue weighted by atomic mass is 10.3. The van der Waals surface area contributed by atoms with Crippen LogP contribution >= 0.6 is 0 Å². The van der Waals surface area contributed by atoms with Crippen LogP contribution in [0, 0.1) is 0 Å². The summed E-state index contributed by atoms with van der Waals surface area (Å²) in [6.45, 7) is 5.23. The third kappa shape index (κ3) is 4.36. The number of esters is 1. The molecule has 6 nitrogen and oxygen atoms in total. The van der Waals surface area contributed by atoms with Gasteiger partial charge in [-0.15, -0.1) is 10.2 Å². The first-order chi connectivity index (χ1) is 8.17. The first-order valence-electron chi connectivity index (χ1n) is 5.45. The molecule has 0 spiro atoms. The van der Waals surface area contributed by atoms with E-state index < -0.39 is 5.97 Å². The van der Waals surface area contributed by atoms with Gasteiger partial charge in [0.15, 0.2) is 5.69 Å². The second-order valence-electron chi connectivity index (χ2n) is 3.44. The summed E-state index contributed by atoms with van der Waals surface area (Å²) in [6.07, 6.45) is 0.0992. The second kappa shape index (κ2) is 6.80. The molecule has 6 heteroatoms. The van der Waals surface area contributed by atoms with Gasteiger partial charge in [0.2, 0.25) is 0 Å². The van der Waals surface area contributed by atoms with Gasteiger partial charge in [0.1, 0.15) is 5.82 Å². The molecule has 0 fully saturated rings. The van der Waals surface area contributed by atoms with Gasteiger partial charge in [0, 0.05) is 13.2 Å². The quantitative estimate of drug-likeness (QED) is 0.749. The SMILES string of the molecule is CCOC(C)CNc1ccc(C(=O)OC)nn1. The summed E-state index contributed by atoms with van der Waals surface area (Å²) >= 11 is 0. The molecule has 1 N–H and O–H groups in total. The topological polar surface area (TPSA) is 73.3 Å². The number of methoxy groups -OCH3 is 1. The van der Waals surface area contributed by atoms with Crippen LogP contribution in [0.25, 0.3) is 0 Å². The number of rotatable bonds is 6. The Morgan fingerprint density at radius 1 is 1.47 bits per heavy atom. The summed E-state index contributed by atoms with van der Waals surface area (Å²) < 4.78 is 9.88. The lowest BCUT2D eigenvalue weighted by Gasteiger charge is -2.12. The van der Waals surface area contributed by atoms with Gasteiger partial charge in [-0.1, -0.05) is 0 Å². The van der Waals surface area contributed by atoms with E-state index >= 15 is 0 Å². The number of aromatic nitrogens is 2. The predicted molar refractivity (Wildman–Crippen MR) is 62.9 cm³/mol. The zero-order valence-electron chi connectivity index (χ0n) is 10.3. The molecule has 94 valence electrons. The number of hydrogen-bond acceptors (Lipinski definition) is 6. The standard InChI is InChI=1S/C11H17N3O3/c1-4-17-8(2)7-12-10-6-5-9(13-14-10)11(15)16-3/h5-6,8H,4,7H2,1-3H3,(H,12,14). The normalized spacial score (nSPS) is 11.9. The van der Waals surface area contributed by atoms with Gasteiger partial charge in [-0.05, 0) is 26.0 Å². The lowest BCUT2D eigenvalue weighted by molar-refractivity contribution is 0.0592. The molecule has 0 bridgehead atoms. The maximum atomic E-state index is 11.1. The minimum Gasteiger partial charge on any atom is -0.464 e. The van der Waals surface area contributed by atoms with Crippen LogP contribution in [0.15, 0.2) is 12.1 Å². The number of nitrogens with one attached hydrogen (secondary N) is 1. The summed E-state index contributed by atoms with van der Waals surface area (Å²) in [5.41, 5.74) is 0.191. The Kier molecular flexibility index (Phi) is 5.35. The Morgan fingerprint density at radius 2 is 2.24 bits per heavy atom. The Morgan fingerprint density at radius 3 is 2.76 bits per heavy atom. The Bertz CT molecular complexity index is 353. The molecule has 0 saturated carbocycles. The van der Waals surface area contributed by atoms with Gasteiger partial charge in [-0.2, -0.15) is 0 Å². The molecule has 0 aliphatic rings. The second-order valence-corrected chi connectivity index (χ2v) is 3.44. The van der Waals surface area contributed by atoms with Crippen LogP contribution in [-0.4, -0.2) is 42.5 Å². The third-order valence-corrected chi connectivity index (χ3v) is 2.08. The minimum absolute atomic E-state index is 0.0992. The van der Waals surface area contributed by atoms with Gasteiger partial charge in [0.25, 0.3) is 0 Å². The highest BCUT2D eigenvalue weighted by Crippen LogP contribution is 2.03. The van der Waals surface area contributed by atoms with Crippen molar-refractivity contribution in [3.8, 4) is 0 Å². The van der Waals surface area contributed by atoms with Crippen molar-refractivity contribution in [2.45, 2.75) is 20.0 Å². The zero-order valence-corrected chi connectivity index (χ0v) is 10.3. The van der Waals surface area contributed by atoms with E-state index in [1.165, 1.54) is 7.11 Å². The minimum atomic E-state index is -0.494. The van der Waals surface area contributed by atoms with E-state index in [-0.39, 0.29) is 11.8 Å². The van der Waals surface area contributed by atoms with E-state index in [0.29, 0.717) is 19.0 Å². The van der Waals surface area contributed by atoms with Gasteiger partial charge < -0.3 is 14.8 Å². The molecule has 1 aromatic heterocycles. The van der Waals surface area contributed by atoms with E-state index in [1.807, 2.05) is 13.8 Å². The first-order valence-corrected chi connectivity index (χ1v) is 5.45. The maximum Gasteiger partial charge on any atom is 0.358 e. The average molecular weight is 239 g/mol. The predicted octanol–water partition coefficient (Wildman–Crippen LogP) is 1.10. The Hall–Kier alpha value is -1.69. The molecule has 0 amide bonds. The molecular formula is C11H17N3O3. The van der Waals surface area contributed by atoms with E-state index in [4.69, 9.17) is 4.74 Å².